The average molecular weight is 471 g/mol. The number of para-hydroxylation sites is 1. The Hall–Kier alpha value is -3.43. The standard InChI is InChI=1S/C23H22N2O5S2/c1-32(27,28)21-12-10-18(11-13-21)24-23(31)25-22(26)17-6-5-9-20(16-17)30-15-14-29-19-7-3-2-4-8-19/h2-13,16H,14-15H2,1H3,(H2,24,25,26,31). The van der Waals surface area contributed by atoms with Crippen LogP contribution in [0.2, 0.25) is 0 Å². The normalized spacial score (nSPS) is 10.8. The van der Waals surface area contributed by atoms with Crippen molar-refractivity contribution in [2.24, 2.45) is 0 Å². The lowest BCUT2D eigenvalue weighted by molar-refractivity contribution is 0.0977. The molecule has 0 aliphatic heterocycles. The van der Waals surface area contributed by atoms with Crippen molar-refractivity contribution in [3.8, 4) is 11.5 Å². The van der Waals surface area contributed by atoms with Gasteiger partial charge in [0.25, 0.3) is 5.91 Å². The SMILES string of the molecule is CS(=O)(=O)c1ccc(NC(=S)NC(=O)c2cccc(OCCOc3ccccc3)c2)cc1. The first-order valence-corrected chi connectivity index (χ1v) is 11.9. The summed E-state index contributed by atoms with van der Waals surface area (Å²) in [4.78, 5) is 12.7. The third kappa shape index (κ3) is 7.07. The Morgan fingerprint density at radius 1 is 0.875 bits per heavy atom. The van der Waals surface area contributed by atoms with Crippen LogP contribution in [0.4, 0.5) is 5.69 Å². The number of rotatable bonds is 8. The van der Waals surface area contributed by atoms with Gasteiger partial charge in [0.05, 0.1) is 4.90 Å². The van der Waals surface area contributed by atoms with Crippen LogP contribution in [0.5, 0.6) is 11.5 Å². The fraction of sp³-hybridized carbons (Fsp3) is 0.130. The van der Waals surface area contributed by atoms with E-state index >= 15 is 0 Å². The highest BCUT2D eigenvalue weighted by Crippen LogP contribution is 2.15. The van der Waals surface area contributed by atoms with Crippen molar-refractivity contribution in [1.82, 2.24) is 5.32 Å². The van der Waals surface area contributed by atoms with E-state index in [1.807, 2.05) is 30.3 Å². The van der Waals surface area contributed by atoms with Crippen LogP contribution in [-0.2, 0) is 9.84 Å². The second kappa shape index (κ2) is 10.7. The Morgan fingerprint density at radius 3 is 2.16 bits per heavy atom. The van der Waals surface area contributed by atoms with Crippen LogP contribution in [0.25, 0.3) is 0 Å². The lowest BCUT2D eigenvalue weighted by Crippen LogP contribution is -2.34. The maximum Gasteiger partial charge on any atom is 0.257 e. The van der Waals surface area contributed by atoms with Crippen molar-refractivity contribution >= 4 is 38.8 Å². The third-order valence-corrected chi connectivity index (χ3v) is 5.56. The highest BCUT2D eigenvalue weighted by molar-refractivity contribution is 7.90. The molecule has 9 heteroatoms. The number of thiocarbonyl (C=S) groups is 1. The molecule has 0 atom stereocenters. The van der Waals surface area contributed by atoms with Crippen LogP contribution in [-0.4, -0.2) is 38.9 Å². The van der Waals surface area contributed by atoms with Gasteiger partial charge < -0.3 is 14.8 Å². The predicted octanol–water partition coefficient (Wildman–Crippen LogP) is 3.67. The van der Waals surface area contributed by atoms with Gasteiger partial charge in [-0.15, -0.1) is 0 Å². The van der Waals surface area contributed by atoms with Crippen LogP contribution >= 0.6 is 12.2 Å². The quantitative estimate of drug-likeness (QED) is 0.383. The number of hydrogen-bond acceptors (Lipinski definition) is 6. The molecule has 0 aliphatic rings. The molecule has 0 fully saturated rings. The zero-order valence-electron chi connectivity index (χ0n) is 17.3. The molecule has 0 radical (unpaired) electrons. The second-order valence-corrected chi connectivity index (χ2v) is 9.17. The predicted molar refractivity (Wildman–Crippen MR) is 127 cm³/mol. The van der Waals surface area contributed by atoms with Gasteiger partial charge in [0.15, 0.2) is 14.9 Å². The Morgan fingerprint density at radius 2 is 1.50 bits per heavy atom. The number of benzene rings is 3. The van der Waals surface area contributed by atoms with Crippen LogP contribution in [0, 0.1) is 0 Å². The minimum absolute atomic E-state index is 0.0877. The summed E-state index contributed by atoms with van der Waals surface area (Å²) in [5, 5.41) is 5.53. The van der Waals surface area contributed by atoms with Crippen LogP contribution in [0.1, 0.15) is 10.4 Å². The zero-order valence-corrected chi connectivity index (χ0v) is 18.9. The molecule has 0 unspecified atom stereocenters. The molecular weight excluding hydrogens is 448 g/mol. The smallest absolute Gasteiger partial charge is 0.257 e. The van der Waals surface area contributed by atoms with Gasteiger partial charge in [-0.2, -0.15) is 0 Å². The molecule has 0 aromatic heterocycles. The van der Waals surface area contributed by atoms with Crippen LogP contribution in [0.15, 0.2) is 83.8 Å². The molecule has 3 rings (SSSR count). The molecule has 166 valence electrons. The number of hydrogen-bond donors (Lipinski definition) is 2. The highest BCUT2D eigenvalue weighted by Gasteiger charge is 2.10. The number of anilines is 1. The molecule has 0 aliphatic carbocycles. The van der Waals surface area contributed by atoms with Crippen molar-refractivity contribution in [1.29, 1.82) is 0 Å². The summed E-state index contributed by atoms with van der Waals surface area (Å²) in [5.41, 5.74) is 0.932. The maximum atomic E-state index is 12.5. The Bertz CT molecular complexity index is 1180. The largest absolute Gasteiger partial charge is 0.490 e. The molecule has 0 bridgehead atoms. The molecule has 3 aromatic carbocycles. The topological polar surface area (TPSA) is 93.7 Å². The first-order chi connectivity index (χ1) is 15.3. The van der Waals surface area contributed by atoms with Crippen molar-refractivity contribution < 1.29 is 22.7 Å². The molecule has 0 spiro atoms. The van der Waals surface area contributed by atoms with Gasteiger partial charge in [0.2, 0.25) is 0 Å². The number of sulfone groups is 1. The Kier molecular flexibility index (Phi) is 7.80. The number of nitrogens with one attached hydrogen (secondary N) is 2. The van der Waals surface area contributed by atoms with Crippen LogP contribution in [0.3, 0.4) is 0 Å². The van der Waals surface area contributed by atoms with Crippen LogP contribution < -0.4 is 20.1 Å². The van der Waals surface area contributed by atoms with E-state index in [-0.39, 0.29) is 10.0 Å². The summed E-state index contributed by atoms with van der Waals surface area (Å²) in [6.45, 7) is 0.690. The van der Waals surface area contributed by atoms with Gasteiger partial charge in [0, 0.05) is 17.5 Å². The van der Waals surface area contributed by atoms with E-state index < -0.39 is 15.7 Å². The summed E-state index contributed by atoms with van der Waals surface area (Å²) in [6, 6.07) is 22.2. The van der Waals surface area contributed by atoms with Gasteiger partial charge >= 0.3 is 0 Å². The zero-order chi connectivity index (χ0) is 23.0. The minimum atomic E-state index is -3.28. The molecule has 3 aromatic rings. The molecule has 32 heavy (non-hydrogen) atoms. The highest BCUT2D eigenvalue weighted by atomic mass is 32.2. The lowest BCUT2D eigenvalue weighted by Gasteiger charge is -2.11. The summed E-state index contributed by atoms with van der Waals surface area (Å²) < 4.78 is 34.3. The molecule has 0 saturated heterocycles. The molecule has 7 nitrogen and oxygen atoms in total. The third-order valence-electron chi connectivity index (χ3n) is 4.23. The van der Waals surface area contributed by atoms with E-state index in [1.165, 1.54) is 12.1 Å². The average Bonchev–Trinajstić information content (AvgIpc) is 2.77. The molecule has 2 N–H and O–H groups in total. The first-order valence-electron chi connectivity index (χ1n) is 9.64. The number of carbonyl (C=O) groups excluding carboxylic acids is 1. The van der Waals surface area contributed by atoms with Crippen molar-refractivity contribution in [3.63, 3.8) is 0 Å². The van der Waals surface area contributed by atoms with E-state index in [9.17, 15) is 13.2 Å². The van der Waals surface area contributed by atoms with Crippen molar-refractivity contribution in [3.05, 3.63) is 84.4 Å². The van der Waals surface area contributed by atoms with Gasteiger partial charge in [-0.3, -0.25) is 10.1 Å². The summed E-state index contributed by atoms with van der Waals surface area (Å²) in [7, 11) is -3.28. The van der Waals surface area contributed by atoms with E-state index in [4.69, 9.17) is 21.7 Å². The lowest BCUT2D eigenvalue weighted by atomic mass is 10.2. The summed E-state index contributed by atoms with van der Waals surface area (Å²) in [6.07, 6.45) is 1.13. The first kappa shape index (κ1) is 23.2. The second-order valence-electron chi connectivity index (χ2n) is 6.74. The number of ether oxygens (including phenoxy) is 2. The summed E-state index contributed by atoms with van der Waals surface area (Å²) in [5.74, 6) is 0.891. The molecular formula is C23H22N2O5S2. The van der Waals surface area contributed by atoms with Gasteiger partial charge in [-0.05, 0) is 66.8 Å². The maximum absolute atomic E-state index is 12.5. The van der Waals surface area contributed by atoms with Crippen molar-refractivity contribution in [2.45, 2.75) is 4.90 Å². The molecule has 0 saturated carbocycles. The van der Waals surface area contributed by atoms with Crippen molar-refractivity contribution in [2.75, 3.05) is 24.8 Å². The Balaban J connectivity index is 1.49. The number of carbonyl (C=O) groups is 1. The van der Waals surface area contributed by atoms with Gasteiger partial charge in [-0.25, -0.2) is 8.42 Å². The monoisotopic (exact) mass is 470 g/mol. The fourth-order valence-electron chi connectivity index (χ4n) is 2.69. The minimum Gasteiger partial charge on any atom is -0.490 e. The van der Waals surface area contributed by atoms with E-state index in [0.717, 1.165) is 12.0 Å². The van der Waals surface area contributed by atoms with E-state index in [0.29, 0.717) is 30.2 Å². The van der Waals surface area contributed by atoms with E-state index in [1.54, 1.807) is 36.4 Å². The fourth-order valence-corrected chi connectivity index (χ4v) is 3.53. The van der Waals surface area contributed by atoms with E-state index in [2.05, 4.69) is 10.6 Å². The molecule has 1 amide bonds. The number of amides is 1. The van der Waals surface area contributed by atoms with Gasteiger partial charge in [-0.1, -0.05) is 24.3 Å². The Labute approximate surface area is 192 Å². The van der Waals surface area contributed by atoms with Gasteiger partial charge in [0.1, 0.15) is 24.7 Å². The molecule has 0 heterocycles. The summed E-state index contributed by atoms with van der Waals surface area (Å²) >= 11 is 5.17.